The Morgan fingerprint density at radius 1 is 0.909 bits per heavy atom. The van der Waals surface area contributed by atoms with Gasteiger partial charge in [-0.2, -0.15) is 0 Å². The Labute approximate surface area is 196 Å². The molecule has 6 nitrogen and oxygen atoms in total. The molecule has 1 amide bonds. The van der Waals surface area contributed by atoms with Crippen molar-refractivity contribution in [2.45, 2.75) is 69.4 Å². The minimum absolute atomic E-state index is 0.0691. The van der Waals surface area contributed by atoms with Gasteiger partial charge in [0.05, 0.1) is 20.3 Å². The van der Waals surface area contributed by atoms with Crippen LogP contribution in [-0.2, 0) is 4.74 Å². The largest absolute Gasteiger partial charge is 0.493 e. The van der Waals surface area contributed by atoms with E-state index in [-0.39, 0.29) is 24.7 Å². The number of hydrogen-bond acceptors (Lipinski definition) is 5. The predicted molar refractivity (Wildman–Crippen MR) is 127 cm³/mol. The molecule has 4 rings (SSSR count). The highest BCUT2D eigenvalue weighted by molar-refractivity contribution is 5.94. The maximum atomic E-state index is 13.1. The smallest absolute Gasteiger partial charge is 0.251 e. The second kappa shape index (κ2) is 11.4. The number of carbonyl (C=O) groups excluding carboxylic acids is 1. The Morgan fingerprint density at radius 2 is 1.67 bits per heavy atom. The van der Waals surface area contributed by atoms with Gasteiger partial charge in [-0.25, -0.2) is 0 Å². The predicted octanol–water partition coefficient (Wildman–Crippen LogP) is 5.46. The molecule has 0 spiro atoms. The van der Waals surface area contributed by atoms with Gasteiger partial charge in [-0.1, -0.05) is 37.8 Å². The summed E-state index contributed by atoms with van der Waals surface area (Å²) in [6.45, 7) is 0.222. The van der Waals surface area contributed by atoms with Crippen molar-refractivity contribution in [2.75, 3.05) is 21.0 Å². The van der Waals surface area contributed by atoms with Crippen molar-refractivity contribution >= 4 is 5.91 Å². The quantitative estimate of drug-likeness (QED) is 0.511. The molecule has 2 aromatic rings. The van der Waals surface area contributed by atoms with Crippen LogP contribution in [0.4, 0.5) is 0 Å². The first-order chi connectivity index (χ1) is 16.2. The number of ether oxygens (including phenoxy) is 4. The molecule has 1 N–H and O–H groups in total. The average Bonchev–Trinajstić information content (AvgIpc) is 3.38. The van der Waals surface area contributed by atoms with E-state index in [9.17, 15) is 4.79 Å². The molecular formula is C27H35NO5. The van der Waals surface area contributed by atoms with Crippen LogP contribution in [0.25, 0.3) is 0 Å². The summed E-state index contributed by atoms with van der Waals surface area (Å²) in [5, 5.41) is 3.28. The topological polar surface area (TPSA) is 66.0 Å². The minimum Gasteiger partial charge on any atom is -0.493 e. The SMILES string of the molecule is COc1ccc(C2CCCCC2NC(=O)c2cccc(OCOC3CCCC3)c2)cc1OC. The third-order valence-electron chi connectivity index (χ3n) is 6.85. The molecule has 0 bridgehead atoms. The Morgan fingerprint density at radius 3 is 2.45 bits per heavy atom. The molecule has 33 heavy (non-hydrogen) atoms. The van der Waals surface area contributed by atoms with E-state index in [0.717, 1.165) is 44.3 Å². The van der Waals surface area contributed by atoms with E-state index in [1.807, 2.05) is 30.3 Å². The van der Waals surface area contributed by atoms with E-state index in [2.05, 4.69) is 11.4 Å². The van der Waals surface area contributed by atoms with Crippen molar-refractivity contribution < 1.29 is 23.7 Å². The van der Waals surface area contributed by atoms with E-state index in [4.69, 9.17) is 18.9 Å². The molecule has 0 saturated heterocycles. The van der Waals surface area contributed by atoms with Crippen molar-refractivity contribution in [3.05, 3.63) is 53.6 Å². The fourth-order valence-electron chi connectivity index (χ4n) is 5.02. The molecule has 2 fully saturated rings. The molecular weight excluding hydrogens is 418 g/mol. The second-order valence-electron chi connectivity index (χ2n) is 8.95. The third kappa shape index (κ3) is 5.99. The molecule has 2 unspecified atom stereocenters. The Bertz CT molecular complexity index is 924. The van der Waals surface area contributed by atoms with E-state index < -0.39 is 0 Å². The van der Waals surface area contributed by atoms with Crippen LogP contribution in [0.3, 0.4) is 0 Å². The van der Waals surface area contributed by atoms with Crippen LogP contribution >= 0.6 is 0 Å². The van der Waals surface area contributed by atoms with Gasteiger partial charge < -0.3 is 24.3 Å². The van der Waals surface area contributed by atoms with Crippen molar-refractivity contribution in [3.63, 3.8) is 0 Å². The summed E-state index contributed by atoms with van der Waals surface area (Å²) in [5.74, 6) is 2.25. The van der Waals surface area contributed by atoms with Crippen LogP contribution in [0.2, 0.25) is 0 Å². The van der Waals surface area contributed by atoms with Gasteiger partial charge in [0.1, 0.15) is 5.75 Å². The van der Waals surface area contributed by atoms with E-state index >= 15 is 0 Å². The van der Waals surface area contributed by atoms with Crippen LogP contribution in [0, 0.1) is 0 Å². The van der Waals surface area contributed by atoms with Crippen molar-refractivity contribution in [2.24, 2.45) is 0 Å². The first kappa shape index (κ1) is 23.4. The lowest BCUT2D eigenvalue weighted by Gasteiger charge is -2.33. The molecule has 0 heterocycles. The van der Waals surface area contributed by atoms with Gasteiger partial charge in [-0.15, -0.1) is 0 Å². The lowest BCUT2D eigenvalue weighted by atomic mass is 9.79. The van der Waals surface area contributed by atoms with Crippen molar-refractivity contribution in [1.29, 1.82) is 0 Å². The second-order valence-corrected chi connectivity index (χ2v) is 8.95. The van der Waals surface area contributed by atoms with Gasteiger partial charge in [0.2, 0.25) is 0 Å². The van der Waals surface area contributed by atoms with E-state index in [1.54, 1.807) is 20.3 Å². The highest BCUT2D eigenvalue weighted by Gasteiger charge is 2.29. The van der Waals surface area contributed by atoms with Gasteiger partial charge in [0.25, 0.3) is 5.91 Å². The molecule has 2 aromatic carbocycles. The zero-order chi connectivity index (χ0) is 23.0. The summed E-state index contributed by atoms with van der Waals surface area (Å²) in [6.07, 6.45) is 9.21. The standard InChI is InChI=1S/C27H35NO5/c1-30-25-15-14-19(17-26(25)31-2)23-12-5-6-13-24(23)28-27(29)20-8-7-11-22(16-20)33-18-32-21-9-3-4-10-21/h7-8,11,14-17,21,23-24H,3-6,9-10,12-13,18H2,1-2H3,(H,28,29). The molecule has 0 aliphatic heterocycles. The first-order valence-corrected chi connectivity index (χ1v) is 12.0. The highest BCUT2D eigenvalue weighted by atomic mass is 16.7. The van der Waals surface area contributed by atoms with Gasteiger partial charge in [0.15, 0.2) is 18.3 Å². The summed E-state index contributed by atoms with van der Waals surface area (Å²) >= 11 is 0. The van der Waals surface area contributed by atoms with Crippen LogP contribution in [0.15, 0.2) is 42.5 Å². The van der Waals surface area contributed by atoms with Crippen LogP contribution in [0.1, 0.15) is 73.2 Å². The fraction of sp³-hybridized carbons (Fsp3) is 0.519. The number of nitrogens with one attached hydrogen (secondary N) is 1. The molecule has 2 aliphatic rings. The van der Waals surface area contributed by atoms with Crippen molar-refractivity contribution in [1.82, 2.24) is 5.32 Å². The van der Waals surface area contributed by atoms with Crippen LogP contribution < -0.4 is 19.5 Å². The fourth-order valence-corrected chi connectivity index (χ4v) is 5.02. The highest BCUT2D eigenvalue weighted by Crippen LogP contribution is 2.37. The summed E-state index contributed by atoms with van der Waals surface area (Å²) in [5.41, 5.74) is 1.77. The Balaban J connectivity index is 1.40. The zero-order valence-corrected chi connectivity index (χ0v) is 19.7. The number of methoxy groups -OCH3 is 2. The monoisotopic (exact) mass is 453 g/mol. The minimum atomic E-state index is -0.0745. The first-order valence-electron chi connectivity index (χ1n) is 12.0. The number of benzene rings is 2. The summed E-state index contributed by atoms with van der Waals surface area (Å²) < 4.78 is 22.4. The van der Waals surface area contributed by atoms with Crippen LogP contribution in [0.5, 0.6) is 17.2 Å². The van der Waals surface area contributed by atoms with Gasteiger partial charge >= 0.3 is 0 Å². The van der Waals surface area contributed by atoms with Crippen LogP contribution in [-0.4, -0.2) is 39.1 Å². The Kier molecular flexibility index (Phi) is 8.10. The normalized spacial score (nSPS) is 20.9. The van der Waals surface area contributed by atoms with Gasteiger partial charge in [0, 0.05) is 17.5 Å². The Hall–Kier alpha value is -2.73. The molecule has 178 valence electrons. The number of amides is 1. The average molecular weight is 454 g/mol. The van der Waals surface area contributed by atoms with Crippen molar-refractivity contribution in [3.8, 4) is 17.2 Å². The number of carbonyl (C=O) groups is 1. The lowest BCUT2D eigenvalue weighted by Crippen LogP contribution is -2.41. The maximum Gasteiger partial charge on any atom is 0.251 e. The maximum absolute atomic E-state index is 13.1. The number of hydrogen-bond donors (Lipinski definition) is 1. The molecule has 0 aromatic heterocycles. The van der Waals surface area contributed by atoms with E-state index in [0.29, 0.717) is 23.2 Å². The van der Waals surface area contributed by atoms with Gasteiger partial charge in [-0.3, -0.25) is 4.79 Å². The molecule has 2 aliphatic carbocycles. The summed E-state index contributed by atoms with van der Waals surface area (Å²) in [6, 6.07) is 13.5. The third-order valence-corrected chi connectivity index (χ3v) is 6.85. The molecule has 6 heteroatoms. The zero-order valence-electron chi connectivity index (χ0n) is 19.7. The summed E-state index contributed by atoms with van der Waals surface area (Å²) in [4.78, 5) is 13.1. The molecule has 2 atom stereocenters. The number of rotatable bonds is 9. The van der Waals surface area contributed by atoms with Gasteiger partial charge in [-0.05, 0) is 61.6 Å². The lowest BCUT2D eigenvalue weighted by molar-refractivity contribution is -0.0325. The van der Waals surface area contributed by atoms with E-state index in [1.165, 1.54) is 18.4 Å². The summed E-state index contributed by atoms with van der Waals surface area (Å²) in [7, 11) is 3.29. The molecule has 2 saturated carbocycles. The molecule has 0 radical (unpaired) electrons.